The number of halogens is 1. The SMILES string of the molecule is CCCC(C)OC(CI)c1ccc(OC)cc1. The Bertz CT molecular complexity index is 311. The maximum atomic E-state index is 6.05. The van der Waals surface area contributed by atoms with E-state index in [0.717, 1.165) is 23.0 Å². The van der Waals surface area contributed by atoms with Crippen LogP contribution in [0.1, 0.15) is 38.4 Å². The van der Waals surface area contributed by atoms with Gasteiger partial charge < -0.3 is 9.47 Å². The van der Waals surface area contributed by atoms with Crippen LogP contribution in [0.25, 0.3) is 0 Å². The molecule has 2 unspecified atom stereocenters. The van der Waals surface area contributed by atoms with Crippen molar-refractivity contribution in [2.24, 2.45) is 0 Å². The minimum absolute atomic E-state index is 0.183. The molecule has 0 N–H and O–H groups in total. The first-order valence-electron chi connectivity index (χ1n) is 6.06. The second-order valence-corrected chi connectivity index (χ2v) is 5.03. The Morgan fingerprint density at radius 3 is 2.35 bits per heavy atom. The Morgan fingerprint density at radius 1 is 1.24 bits per heavy atom. The number of hydrogen-bond donors (Lipinski definition) is 0. The molecule has 0 aromatic heterocycles. The quantitative estimate of drug-likeness (QED) is 0.538. The average Bonchev–Trinajstić information content (AvgIpc) is 2.36. The molecule has 0 heterocycles. The predicted molar refractivity (Wildman–Crippen MR) is 80.1 cm³/mol. The van der Waals surface area contributed by atoms with Gasteiger partial charge in [0.25, 0.3) is 0 Å². The summed E-state index contributed by atoms with van der Waals surface area (Å²) in [4.78, 5) is 0. The van der Waals surface area contributed by atoms with Crippen LogP contribution in [0.2, 0.25) is 0 Å². The van der Waals surface area contributed by atoms with Gasteiger partial charge in [-0.3, -0.25) is 0 Å². The van der Waals surface area contributed by atoms with E-state index in [0.29, 0.717) is 6.10 Å². The lowest BCUT2D eigenvalue weighted by Crippen LogP contribution is -2.14. The molecule has 0 spiro atoms. The Hall–Kier alpha value is -0.290. The second-order valence-electron chi connectivity index (χ2n) is 4.15. The van der Waals surface area contributed by atoms with Crippen molar-refractivity contribution in [3.8, 4) is 5.75 Å². The minimum Gasteiger partial charge on any atom is -0.497 e. The largest absolute Gasteiger partial charge is 0.497 e. The van der Waals surface area contributed by atoms with E-state index < -0.39 is 0 Å². The van der Waals surface area contributed by atoms with E-state index in [1.54, 1.807) is 7.11 Å². The zero-order chi connectivity index (χ0) is 12.7. The van der Waals surface area contributed by atoms with Crippen LogP contribution in [0.15, 0.2) is 24.3 Å². The number of rotatable bonds is 7. The van der Waals surface area contributed by atoms with Crippen LogP contribution in [-0.2, 0) is 4.74 Å². The molecule has 96 valence electrons. The highest BCUT2D eigenvalue weighted by atomic mass is 127. The van der Waals surface area contributed by atoms with Gasteiger partial charge in [-0.05, 0) is 31.0 Å². The normalized spacial score (nSPS) is 14.4. The molecule has 3 heteroatoms. The van der Waals surface area contributed by atoms with Gasteiger partial charge in [0, 0.05) is 4.43 Å². The number of benzene rings is 1. The molecule has 1 aromatic rings. The van der Waals surface area contributed by atoms with Gasteiger partial charge in [-0.1, -0.05) is 48.1 Å². The van der Waals surface area contributed by atoms with Crippen molar-refractivity contribution in [1.29, 1.82) is 0 Å². The molecule has 2 nitrogen and oxygen atoms in total. The molecule has 0 saturated heterocycles. The predicted octanol–water partition coefficient (Wildman–Crippen LogP) is 4.38. The number of alkyl halides is 1. The van der Waals surface area contributed by atoms with Gasteiger partial charge in [0.2, 0.25) is 0 Å². The highest BCUT2D eigenvalue weighted by Crippen LogP contribution is 2.24. The first kappa shape index (κ1) is 14.8. The molecule has 17 heavy (non-hydrogen) atoms. The van der Waals surface area contributed by atoms with Gasteiger partial charge in [0.1, 0.15) is 5.75 Å². The number of methoxy groups -OCH3 is 1. The lowest BCUT2D eigenvalue weighted by molar-refractivity contribution is 0.00679. The fourth-order valence-electron chi connectivity index (χ4n) is 1.78. The van der Waals surface area contributed by atoms with Gasteiger partial charge in [0.15, 0.2) is 0 Å². The lowest BCUT2D eigenvalue weighted by Gasteiger charge is -2.21. The van der Waals surface area contributed by atoms with Crippen LogP contribution in [-0.4, -0.2) is 17.6 Å². The summed E-state index contributed by atoms with van der Waals surface area (Å²) in [6.45, 7) is 4.33. The van der Waals surface area contributed by atoms with Crippen molar-refractivity contribution in [3.63, 3.8) is 0 Å². The molecule has 0 saturated carbocycles. The summed E-state index contributed by atoms with van der Waals surface area (Å²) >= 11 is 2.38. The smallest absolute Gasteiger partial charge is 0.118 e. The summed E-state index contributed by atoms with van der Waals surface area (Å²) in [6, 6.07) is 8.15. The van der Waals surface area contributed by atoms with Crippen molar-refractivity contribution in [2.45, 2.75) is 38.9 Å². The van der Waals surface area contributed by atoms with Gasteiger partial charge in [0.05, 0.1) is 19.3 Å². The lowest BCUT2D eigenvalue weighted by atomic mass is 10.1. The third kappa shape index (κ3) is 4.84. The van der Waals surface area contributed by atoms with Crippen molar-refractivity contribution in [3.05, 3.63) is 29.8 Å². The average molecular weight is 348 g/mol. The van der Waals surface area contributed by atoms with Crippen molar-refractivity contribution in [2.75, 3.05) is 11.5 Å². The standard InChI is InChI=1S/C14H21IO2/c1-4-5-11(2)17-14(10-15)12-6-8-13(16-3)9-7-12/h6-9,11,14H,4-5,10H2,1-3H3. The van der Waals surface area contributed by atoms with Crippen LogP contribution < -0.4 is 4.74 Å². The molecular weight excluding hydrogens is 327 g/mol. The third-order valence-corrected chi connectivity index (χ3v) is 3.52. The third-order valence-electron chi connectivity index (χ3n) is 2.72. The van der Waals surface area contributed by atoms with Crippen LogP contribution in [0.3, 0.4) is 0 Å². The molecule has 0 aliphatic rings. The van der Waals surface area contributed by atoms with Crippen LogP contribution in [0.4, 0.5) is 0 Å². The first-order valence-corrected chi connectivity index (χ1v) is 7.59. The van der Waals surface area contributed by atoms with Gasteiger partial charge in [-0.2, -0.15) is 0 Å². The molecule has 0 fully saturated rings. The molecule has 1 rings (SSSR count). The maximum absolute atomic E-state index is 6.05. The van der Waals surface area contributed by atoms with E-state index >= 15 is 0 Å². The van der Waals surface area contributed by atoms with Crippen molar-refractivity contribution < 1.29 is 9.47 Å². The van der Waals surface area contributed by atoms with Gasteiger partial charge in [-0.15, -0.1) is 0 Å². The zero-order valence-corrected chi connectivity index (χ0v) is 12.9. The summed E-state index contributed by atoms with van der Waals surface area (Å²) in [6.07, 6.45) is 2.78. The van der Waals surface area contributed by atoms with Crippen LogP contribution in [0.5, 0.6) is 5.75 Å². The summed E-state index contributed by atoms with van der Waals surface area (Å²) in [5.41, 5.74) is 1.23. The molecule has 0 aliphatic carbocycles. The highest BCUT2D eigenvalue weighted by Gasteiger charge is 2.14. The summed E-state index contributed by atoms with van der Waals surface area (Å²) in [5, 5.41) is 0. The summed E-state index contributed by atoms with van der Waals surface area (Å²) < 4.78 is 12.2. The van der Waals surface area contributed by atoms with E-state index in [-0.39, 0.29) is 6.10 Å². The fourth-order valence-corrected chi connectivity index (χ4v) is 2.49. The van der Waals surface area contributed by atoms with Crippen molar-refractivity contribution in [1.82, 2.24) is 0 Å². The van der Waals surface area contributed by atoms with Crippen molar-refractivity contribution >= 4 is 22.6 Å². The van der Waals surface area contributed by atoms with E-state index in [1.807, 2.05) is 12.1 Å². The van der Waals surface area contributed by atoms with E-state index in [9.17, 15) is 0 Å². The summed E-state index contributed by atoms with van der Waals surface area (Å²) in [5.74, 6) is 0.891. The van der Waals surface area contributed by atoms with E-state index in [1.165, 1.54) is 5.56 Å². The van der Waals surface area contributed by atoms with Gasteiger partial charge in [-0.25, -0.2) is 0 Å². The number of ether oxygens (including phenoxy) is 2. The maximum Gasteiger partial charge on any atom is 0.118 e. The molecular formula is C14H21IO2. The van der Waals surface area contributed by atoms with E-state index in [4.69, 9.17) is 9.47 Å². The molecule has 2 atom stereocenters. The molecule has 0 bridgehead atoms. The molecule has 0 aliphatic heterocycles. The van der Waals surface area contributed by atoms with Crippen LogP contribution >= 0.6 is 22.6 Å². The second kappa shape index (κ2) is 7.93. The Balaban J connectivity index is 2.65. The Kier molecular flexibility index (Phi) is 6.89. The summed E-state index contributed by atoms with van der Waals surface area (Å²) in [7, 11) is 1.69. The zero-order valence-electron chi connectivity index (χ0n) is 10.8. The topological polar surface area (TPSA) is 18.5 Å². The fraction of sp³-hybridized carbons (Fsp3) is 0.571. The molecule has 1 aromatic carbocycles. The molecule has 0 radical (unpaired) electrons. The number of hydrogen-bond acceptors (Lipinski definition) is 2. The minimum atomic E-state index is 0.183. The highest BCUT2D eigenvalue weighted by molar-refractivity contribution is 14.1. The Labute approximate surface area is 118 Å². The Morgan fingerprint density at radius 2 is 1.88 bits per heavy atom. The van der Waals surface area contributed by atoms with Gasteiger partial charge >= 0.3 is 0 Å². The molecule has 0 amide bonds. The monoisotopic (exact) mass is 348 g/mol. The van der Waals surface area contributed by atoms with Crippen LogP contribution in [0, 0.1) is 0 Å². The first-order chi connectivity index (χ1) is 8.21. The van der Waals surface area contributed by atoms with E-state index in [2.05, 4.69) is 48.6 Å².